The molecule has 0 aliphatic carbocycles. The van der Waals surface area contributed by atoms with Crippen LogP contribution in [-0.4, -0.2) is 44.3 Å². The first-order chi connectivity index (χ1) is 13.2. The highest BCUT2D eigenvalue weighted by atomic mass is 35.5. The smallest absolute Gasteiger partial charge is 0.124 e. The molecule has 27 heavy (non-hydrogen) atoms. The highest BCUT2D eigenvalue weighted by molar-refractivity contribution is 6.30. The van der Waals surface area contributed by atoms with Gasteiger partial charge in [-0.2, -0.15) is 0 Å². The minimum absolute atomic E-state index is 0.563. The molecular formula is C22H29ClN2O2. The molecule has 146 valence electrons. The van der Waals surface area contributed by atoms with E-state index in [1.807, 2.05) is 18.2 Å². The fourth-order valence-corrected chi connectivity index (χ4v) is 3.46. The number of halogens is 1. The Morgan fingerprint density at radius 1 is 1.15 bits per heavy atom. The van der Waals surface area contributed by atoms with Crippen molar-refractivity contribution < 1.29 is 9.47 Å². The lowest BCUT2D eigenvalue weighted by atomic mass is 10.1. The molecule has 0 amide bonds. The van der Waals surface area contributed by atoms with E-state index >= 15 is 0 Å². The Kier molecular flexibility index (Phi) is 7.96. The van der Waals surface area contributed by atoms with Crippen molar-refractivity contribution in [1.82, 2.24) is 10.2 Å². The summed E-state index contributed by atoms with van der Waals surface area (Å²) in [6.07, 6.45) is 1.13. The van der Waals surface area contributed by atoms with Crippen molar-refractivity contribution in [3.8, 4) is 5.75 Å². The Morgan fingerprint density at radius 2 is 2.00 bits per heavy atom. The number of morpholine rings is 1. The summed E-state index contributed by atoms with van der Waals surface area (Å²) in [6, 6.07) is 14.2. The van der Waals surface area contributed by atoms with E-state index in [1.54, 1.807) is 0 Å². The van der Waals surface area contributed by atoms with Crippen LogP contribution in [0, 0.1) is 6.92 Å². The molecule has 2 aromatic rings. The largest absolute Gasteiger partial charge is 0.489 e. The van der Waals surface area contributed by atoms with Crippen molar-refractivity contribution >= 4 is 11.6 Å². The second-order valence-corrected chi connectivity index (χ2v) is 7.45. The van der Waals surface area contributed by atoms with Gasteiger partial charge in [0, 0.05) is 30.2 Å². The maximum Gasteiger partial charge on any atom is 0.124 e. The second-order valence-electron chi connectivity index (χ2n) is 7.01. The molecule has 5 heteroatoms. The van der Waals surface area contributed by atoms with Crippen molar-refractivity contribution in [1.29, 1.82) is 0 Å². The summed E-state index contributed by atoms with van der Waals surface area (Å²) in [6.45, 7) is 9.31. The van der Waals surface area contributed by atoms with E-state index in [4.69, 9.17) is 21.1 Å². The summed E-state index contributed by atoms with van der Waals surface area (Å²) in [7, 11) is 0. The molecule has 1 heterocycles. The second kappa shape index (κ2) is 10.7. The third kappa shape index (κ3) is 6.82. The van der Waals surface area contributed by atoms with Gasteiger partial charge in [-0.05, 0) is 50.2 Å². The summed E-state index contributed by atoms with van der Waals surface area (Å²) in [5.41, 5.74) is 3.52. The van der Waals surface area contributed by atoms with Gasteiger partial charge in [0.05, 0.1) is 13.2 Å². The van der Waals surface area contributed by atoms with Crippen LogP contribution in [0.3, 0.4) is 0 Å². The number of rotatable bonds is 9. The predicted octanol–water partition coefficient (Wildman–Crippen LogP) is 4.04. The normalized spacial score (nSPS) is 15.0. The van der Waals surface area contributed by atoms with Gasteiger partial charge in [-0.15, -0.1) is 0 Å². The summed E-state index contributed by atoms with van der Waals surface area (Å²) < 4.78 is 11.5. The molecule has 0 bridgehead atoms. The van der Waals surface area contributed by atoms with Gasteiger partial charge in [0.2, 0.25) is 0 Å². The van der Waals surface area contributed by atoms with Crippen LogP contribution in [0.25, 0.3) is 0 Å². The molecule has 4 nitrogen and oxygen atoms in total. The molecule has 0 aromatic heterocycles. The van der Waals surface area contributed by atoms with E-state index in [0.29, 0.717) is 6.61 Å². The lowest BCUT2D eigenvalue weighted by Gasteiger charge is -2.26. The molecule has 0 radical (unpaired) electrons. The molecule has 3 rings (SSSR count). The van der Waals surface area contributed by atoms with E-state index in [1.165, 1.54) is 11.1 Å². The van der Waals surface area contributed by atoms with Crippen molar-refractivity contribution in [2.75, 3.05) is 39.4 Å². The third-order valence-electron chi connectivity index (χ3n) is 4.75. The van der Waals surface area contributed by atoms with Gasteiger partial charge in [0.1, 0.15) is 12.4 Å². The van der Waals surface area contributed by atoms with Gasteiger partial charge >= 0.3 is 0 Å². The Balaban J connectivity index is 1.46. The first-order valence-corrected chi connectivity index (χ1v) is 10.1. The summed E-state index contributed by atoms with van der Waals surface area (Å²) in [5, 5.41) is 4.26. The van der Waals surface area contributed by atoms with Gasteiger partial charge in [-0.25, -0.2) is 0 Å². The highest BCUT2D eigenvalue weighted by Crippen LogP contribution is 2.24. The molecular weight excluding hydrogens is 360 g/mol. The monoisotopic (exact) mass is 388 g/mol. The molecule has 1 N–H and O–H groups in total. The standard InChI is InChI=1S/C22H29ClN2O2/c1-18-4-2-5-19(14-18)17-27-22-7-6-21(23)15-20(22)16-24-8-3-9-25-10-12-26-13-11-25/h2,4-7,14-15,24H,3,8-13,16-17H2,1H3. The molecule has 0 spiro atoms. The molecule has 1 saturated heterocycles. The maximum atomic E-state index is 6.19. The topological polar surface area (TPSA) is 33.7 Å². The van der Waals surface area contributed by atoms with Crippen LogP contribution in [0.2, 0.25) is 5.02 Å². The summed E-state index contributed by atoms with van der Waals surface area (Å²) in [4.78, 5) is 2.46. The minimum atomic E-state index is 0.563. The van der Waals surface area contributed by atoms with Gasteiger partial charge in [-0.3, -0.25) is 4.90 Å². The molecule has 0 unspecified atom stereocenters. The van der Waals surface area contributed by atoms with Crippen LogP contribution >= 0.6 is 11.6 Å². The predicted molar refractivity (Wildman–Crippen MR) is 111 cm³/mol. The van der Waals surface area contributed by atoms with Crippen LogP contribution in [0.4, 0.5) is 0 Å². The third-order valence-corrected chi connectivity index (χ3v) is 4.98. The van der Waals surface area contributed by atoms with Crippen LogP contribution in [0.1, 0.15) is 23.1 Å². The molecule has 1 aliphatic heterocycles. The van der Waals surface area contributed by atoms with E-state index < -0.39 is 0 Å². The number of aryl methyl sites for hydroxylation is 1. The highest BCUT2D eigenvalue weighted by Gasteiger charge is 2.09. The fraction of sp³-hybridized carbons (Fsp3) is 0.455. The minimum Gasteiger partial charge on any atom is -0.489 e. The van der Waals surface area contributed by atoms with Crippen molar-refractivity contribution in [2.24, 2.45) is 0 Å². The number of hydrogen-bond acceptors (Lipinski definition) is 4. The number of hydrogen-bond donors (Lipinski definition) is 1. The van der Waals surface area contributed by atoms with Crippen LogP contribution in [-0.2, 0) is 17.9 Å². The Bertz CT molecular complexity index is 717. The Labute approximate surface area is 167 Å². The SMILES string of the molecule is Cc1cccc(COc2ccc(Cl)cc2CNCCCN2CCOCC2)c1. The molecule has 2 aromatic carbocycles. The Morgan fingerprint density at radius 3 is 2.81 bits per heavy atom. The zero-order valence-electron chi connectivity index (χ0n) is 16.0. The number of nitrogens with zero attached hydrogens (tertiary/aromatic N) is 1. The van der Waals surface area contributed by atoms with Crippen molar-refractivity contribution in [2.45, 2.75) is 26.5 Å². The zero-order valence-corrected chi connectivity index (χ0v) is 16.8. The van der Waals surface area contributed by atoms with E-state index in [0.717, 1.165) is 68.7 Å². The van der Waals surface area contributed by atoms with E-state index in [9.17, 15) is 0 Å². The van der Waals surface area contributed by atoms with Gasteiger partial charge in [0.15, 0.2) is 0 Å². The maximum absolute atomic E-state index is 6.19. The lowest BCUT2D eigenvalue weighted by Crippen LogP contribution is -2.37. The van der Waals surface area contributed by atoms with E-state index in [2.05, 4.69) is 41.4 Å². The summed E-state index contributed by atoms with van der Waals surface area (Å²) >= 11 is 6.19. The van der Waals surface area contributed by atoms with E-state index in [-0.39, 0.29) is 0 Å². The average molecular weight is 389 g/mol. The van der Waals surface area contributed by atoms with Crippen LogP contribution in [0.15, 0.2) is 42.5 Å². The average Bonchev–Trinajstić information content (AvgIpc) is 2.68. The van der Waals surface area contributed by atoms with Gasteiger partial charge in [0.25, 0.3) is 0 Å². The van der Waals surface area contributed by atoms with Crippen LogP contribution < -0.4 is 10.1 Å². The molecule has 1 fully saturated rings. The van der Waals surface area contributed by atoms with Crippen LogP contribution in [0.5, 0.6) is 5.75 Å². The van der Waals surface area contributed by atoms with Crippen molar-refractivity contribution in [3.63, 3.8) is 0 Å². The number of nitrogens with one attached hydrogen (secondary N) is 1. The van der Waals surface area contributed by atoms with Gasteiger partial charge < -0.3 is 14.8 Å². The molecule has 1 aliphatic rings. The quantitative estimate of drug-likeness (QED) is 0.657. The molecule has 0 atom stereocenters. The van der Waals surface area contributed by atoms with Gasteiger partial charge in [-0.1, -0.05) is 41.4 Å². The summed E-state index contributed by atoms with van der Waals surface area (Å²) in [5.74, 6) is 0.890. The Hall–Kier alpha value is -1.59. The first-order valence-electron chi connectivity index (χ1n) is 9.68. The molecule has 0 saturated carbocycles. The first kappa shape index (κ1) is 20.2. The number of ether oxygens (including phenoxy) is 2. The lowest BCUT2D eigenvalue weighted by molar-refractivity contribution is 0.0374. The zero-order chi connectivity index (χ0) is 18.9. The fourth-order valence-electron chi connectivity index (χ4n) is 3.27. The van der Waals surface area contributed by atoms with Crippen molar-refractivity contribution in [3.05, 3.63) is 64.2 Å². The number of benzene rings is 2.